The molecule has 0 spiro atoms. The Morgan fingerprint density at radius 2 is 1.87 bits per heavy atom. The molecular formula is C27H24F3N7O2. The van der Waals surface area contributed by atoms with Gasteiger partial charge in [0.15, 0.2) is 5.82 Å². The first-order valence-corrected chi connectivity index (χ1v) is 12.4. The molecule has 1 aliphatic rings. The number of ether oxygens (including phenoxy) is 1. The van der Waals surface area contributed by atoms with Crippen LogP contribution in [0.3, 0.4) is 0 Å². The predicted molar refractivity (Wildman–Crippen MR) is 136 cm³/mol. The van der Waals surface area contributed by atoms with Crippen LogP contribution in [0.2, 0.25) is 0 Å². The average Bonchev–Trinajstić information content (AvgIpc) is 3.58. The number of nitrogens with zero attached hydrogens (tertiary/aromatic N) is 6. The molecule has 0 aliphatic carbocycles. The van der Waals surface area contributed by atoms with Gasteiger partial charge in [0.2, 0.25) is 5.82 Å². The van der Waals surface area contributed by atoms with Crippen LogP contribution in [0.5, 0.6) is 5.75 Å². The molecular weight excluding hydrogens is 511 g/mol. The van der Waals surface area contributed by atoms with Gasteiger partial charge in [0.05, 0.1) is 11.7 Å². The second kappa shape index (κ2) is 9.77. The molecule has 0 unspecified atom stereocenters. The monoisotopic (exact) mass is 535 g/mol. The number of rotatable bonds is 7. The van der Waals surface area contributed by atoms with E-state index in [1.165, 1.54) is 12.1 Å². The molecule has 1 aliphatic heterocycles. The summed E-state index contributed by atoms with van der Waals surface area (Å²) in [7, 11) is 0. The number of nitrogens with one attached hydrogen (secondary N) is 1. The minimum absolute atomic E-state index is 0.00663. The molecule has 0 saturated carbocycles. The summed E-state index contributed by atoms with van der Waals surface area (Å²) in [6.45, 7) is 5.77. The van der Waals surface area contributed by atoms with Gasteiger partial charge in [0.1, 0.15) is 5.75 Å². The summed E-state index contributed by atoms with van der Waals surface area (Å²) < 4.78 is 52.0. The largest absolute Gasteiger partial charge is 0.490 e. The zero-order chi connectivity index (χ0) is 27.1. The second-order valence-corrected chi connectivity index (χ2v) is 9.78. The van der Waals surface area contributed by atoms with Crippen LogP contribution in [-0.2, 0) is 12.7 Å². The average molecular weight is 536 g/mol. The fourth-order valence-corrected chi connectivity index (χ4v) is 4.83. The summed E-state index contributed by atoms with van der Waals surface area (Å²) in [5.41, 5.74) is 1.14. The molecule has 1 saturated heterocycles. The first kappa shape index (κ1) is 25.0. The van der Waals surface area contributed by atoms with Gasteiger partial charge >= 0.3 is 6.18 Å². The van der Waals surface area contributed by atoms with Crippen LogP contribution in [0.15, 0.2) is 59.1 Å². The highest BCUT2D eigenvalue weighted by atomic mass is 19.4. The number of benzene rings is 3. The van der Waals surface area contributed by atoms with Crippen molar-refractivity contribution in [1.82, 2.24) is 35.7 Å². The summed E-state index contributed by atoms with van der Waals surface area (Å²) in [5.74, 6) is 1.03. The van der Waals surface area contributed by atoms with Gasteiger partial charge in [-0.1, -0.05) is 46.8 Å². The van der Waals surface area contributed by atoms with Gasteiger partial charge in [-0.15, -0.1) is 10.2 Å². The van der Waals surface area contributed by atoms with E-state index in [1.54, 1.807) is 13.8 Å². The van der Waals surface area contributed by atoms with E-state index in [2.05, 4.69) is 35.7 Å². The van der Waals surface area contributed by atoms with Gasteiger partial charge in [-0.05, 0) is 48.4 Å². The lowest BCUT2D eigenvalue weighted by Gasteiger charge is -2.37. The third-order valence-corrected chi connectivity index (χ3v) is 6.65. The highest BCUT2D eigenvalue weighted by Crippen LogP contribution is 2.39. The SMILES string of the molecule is CC(C)Oc1ccc(-c2nc(-c3ccc(CN4CC(c5nn[nH]n5)C4)c4ccccc34)no2)cc1C(F)(F)F. The number of hydrogen-bond donors (Lipinski definition) is 1. The van der Waals surface area contributed by atoms with Gasteiger partial charge in [-0.2, -0.15) is 23.4 Å². The molecule has 0 bridgehead atoms. The third kappa shape index (κ3) is 4.94. The molecule has 2 aromatic heterocycles. The highest BCUT2D eigenvalue weighted by Gasteiger charge is 2.35. The molecule has 9 nitrogen and oxygen atoms in total. The van der Waals surface area contributed by atoms with E-state index in [1.807, 2.05) is 36.4 Å². The molecule has 1 N–H and O–H groups in total. The third-order valence-electron chi connectivity index (χ3n) is 6.65. The summed E-state index contributed by atoms with van der Waals surface area (Å²) in [6, 6.07) is 15.6. The minimum Gasteiger partial charge on any atom is -0.490 e. The summed E-state index contributed by atoms with van der Waals surface area (Å²) in [4.78, 5) is 6.76. The second-order valence-electron chi connectivity index (χ2n) is 9.78. The standard InChI is InChI=1S/C27H24F3N7O2/c1-15(2)38-23-10-8-16(11-22(23)27(28,29)30)26-31-25(34-39-26)21-9-7-17(19-5-3-4-6-20(19)21)12-37-13-18(14-37)24-32-35-36-33-24/h3-11,15,18H,12-14H2,1-2H3,(H,32,33,35,36). The Hall–Kier alpha value is -4.32. The van der Waals surface area contributed by atoms with Crippen molar-refractivity contribution in [3.63, 3.8) is 0 Å². The summed E-state index contributed by atoms with van der Waals surface area (Å²) >= 11 is 0. The Morgan fingerprint density at radius 3 is 2.59 bits per heavy atom. The fraction of sp³-hybridized carbons (Fsp3) is 0.296. The van der Waals surface area contributed by atoms with Crippen molar-refractivity contribution in [2.75, 3.05) is 13.1 Å². The number of halogens is 3. The molecule has 0 amide bonds. The maximum atomic E-state index is 13.7. The van der Waals surface area contributed by atoms with E-state index in [-0.39, 0.29) is 23.1 Å². The Morgan fingerprint density at radius 1 is 1.08 bits per heavy atom. The van der Waals surface area contributed by atoms with Gasteiger partial charge < -0.3 is 9.26 Å². The van der Waals surface area contributed by atoms with Crippen LogP contribution in [0.25, 0.3) is 33.6 Å². The van der Waals surface area contributed by atoms with Crippen LogP contribution in [0.4, 0.5) is 13.2 Å². The van der Waals surface area contributed by atoms with Crippen LogP contribution in [0, 0.1) is 0 Å². The van der Waals surface area contributed by atoms with Gasteiger partial charge in [-0.3, -0.25) is 4.90 Å². The Labute approximate surface area is 221 Å². The quantitative estimate of drug-likeness (QED) is 0.292. The van der Waals surface area contributed by atoms with Crippen LogP contribution >= 0.6 is 0 Å². The lowest BCUT2D eigenvalue weighted by Crippen LogP contribution is -2.44. The zero-order valence-electron chi connectivity index (χ0n) is 21.1. The predicted octanol–water partition coefficient (Wildman–Crippen LogP) is 5.48. The number of alkyl halides is 3. The van der Waals surface area contributed by atoms with Crippen molar-refractivity contribution in [2.24, 2.45) is 0 Å². The number of fused-ring (bicyclic) bond motifs is 1. The molecule has 0 atom stereocenters. The lowest BCUT2D eigenvalue weighted by atomic mass is 9.95. The van der Waals surface area contributed by atoms with E-state index >= 15 is 0 Å². The number of likely N-dealkylation sites (tertiary alicyclic amines) is 1. The maximum absolute atomic E-state index is 13.7. The van der Waals surface area contributed by atoms with E-state index in [9.17, 15) is 13.2 Å². The summed E-state index contributed by atoms with van der Waals surface area (Å²) in [5, 5.41) is 20.3. The first-order chi connectivity index (χ1) is 18.8. The van der Waals surface area contributed by atoms with Crippen molar-refractivity contribution in [1.29, 1.82) is 0 Å². The highest BCUT2D eigenvalue weighted by molar-refractivity contribution is 5.97. The Bertz CT molecular complexity index is 1610. The van der Waals surface area contributed by atoms with Gasteiger partial charge in [0.25, 0.3) is 5.89 Å². The van der Waals surface area contributed by atoms with Gasteiger partial charge in [0, 0.05) is 36.7 Å². The minimum atomic E-state index is -4.60. The zero-order valence-corrected chi connectivity index (χ0v) is 21.1. The molecule has 3 heterocycles. The van der Waals surface area contributed by atoms with Crippen molar-refractivity contribution in [2.45, 2.75) is 38.6 Å². The fourth-order valence-electron chi connectivity index (χ4n) is 4.83. The Balaban J connectivity index is 1.28. The molecule has 0 radical (unpaired) electrons. The number of tetrazole rings is 1. The molecule has 3 aromatic carbocycles. The van der Waals surface area contributed by atoms with Crippen molar-refractivity contribution >= 4 is 10.8 Å². The molecule has 5 aromatic rings. The summed E-state index contributed by atoms with van der Waals surface area (Å²) in [6.07, 6.45) is -5.01. The van der Waals surface area contributed by atoms with Crippen molar-refractivity contribution in [3.8, 4) is 28.6 Å². The molecule has 39 heavy (non-hydrogen) atoms. The maximum Gasteiger partial charge on any atom is 0.419 e. The first-order valence-electron chi connectivity index (χ1n) is 12.4. The lowest BCUT2D eigenvalue weighted by molar-refractivity contribution is -0.139. The van der Waals surface area contributed by atoms with Crippen molar-refractivity contribution < 1.29 is 22.4 Å². The topological polar surface area (TPSA) is 106 Å². The molecule has 6 rings (SSSR count). The number of aromatic nitrogens is 6. The molecule has 200 valence electrons. The Kier molecular flexibility index (Phi) is 6.26. The van der Waals surface area contributed by atoms with E-state index in [0.29, 0.717) is 5.82 Å². The van der Waals surface area contributed by atoms with Crippen LogP contribution < -0.4 is 4.74 Å². The number of hydrogen-bond acceptors (Lipinski definition) is 8. The number of aromatic amines is 1. The van der Waals surface area contributed by atoms with E-state index in [4.69, 9.17) is 9.26 Å². The smallest absolute Gasteiger partial charge is 0.419 e. The normalized spacial score (nSPS) is 14.7. The van der Waals surface area contributed by atoms with Crippen LogP contribution in [-0.4, -0.2) is 54.9 Å². The number of H-pyrrole nitrogens is 1. The molecule has 1 fully saturated rings. The van der Waals surface area contributed by atoms with Crippen LogP contribution in [0.1, 0.15) is 36.7 Å². The molecule has 12 heteroatoms. The van der Waals surface area contributed by atoms with Crippen molar-refractivity contribution in [3.05, 3.63) is 71.5 Å². The van der Waals surface area contributed by atoms with E-state index in [0.717, 1.165) is 53.4 Å². The van der Waals surface area contributed by atoms with Gasteiger partial charge in [-0.25, -0.2) is 0 Å². The van der Waals surface area contributed by atoms with E-state index < -0.39 is 17.8 Å².